The van der Waals surface area contributed by atoms with Gasteiger partial charge in [-0.1, -0.05) is 23.4 Å². The summed E-state index contributed by atoms with van der Waals surface area (Å²) < 4.78 is 14.9. The molecule has 0 aliphatic rings. The lowest BCUT2D eigenvalue weighted by molar-refractivity contribution is 0.283. The van der Waals surface area contributed by atoms with E-state index in [-0.39, 0.29) is 0 Å². The molecular weight excluding hydrogens is 358 g/mol. The summed E-state index contributed by atoms with van der Waals surface area (Å²) in [5.74, 6) is 1.69. The van der Waals surface area contributed by atoms with E-state index in [1.54, 1.807) is 23.1 Å². The molecule has 4 heterocycles. The summed E-state index contributed by atoms with van der Waals surface area (Å²) in [4.78, 5) is 4.18. The first-order valence-corrected chi connectivity index (χ1v) is 8.94. The van der Waals surface area contributed by atoms with E-state index in [2.05, 4.69) is 32.4 Å². The van der Waals surface area contributed by atoms with Gasteiger partial charge in [0.15, 0.2) is 11.3 Å². The Labute approximate surface area is 159 Å². The molecule has 0 radical (unpaired) electrons. The molecule has 0 amide bonds. The highest BCUT2D eigenvalue weighted by molar-refractivity contribution is 5.96. The average molecular weight is 375 g/mol. The summed E-state index contributed by atoms with van der Waals surface area (Å²) in [6, 6.07) is 9.63. The van der Waals surface area contributed by atoms with Crippen LogP contribution in [0.5, 0.6) is 5.88 Å². The van der Waals surface area contributed by atoms with Crippen LogP contribution >= 0.6 is 0 Å². The lowest BCUT2D eigenvalue weighted by atomic mass is 10.2. The molecule has 0 aliphatic carbocycles. The van der Waals surface area contributed by atoms with Crippen LogP contribution < -0.4 is 4.74 Å². The maximum absolute atomic E-state index is 6.09. The molecule has 5 aromatic rings. The van der Waals surface area contributed by atoms with Gasteiger partial charge in [0, 0.05) is 23.4 Å². The van der Waals surface area contributed by atoms with Crippen LogP contribution in [-0.2, 0) is 13.2 Å². The Morgan fingerprint density at radius 3 is 2.79 bits per heavy atom. The van der Waals surface area contributed by atoms with Gasteiger partial charge in [-0.05, 0) is 19.9 Å². The number of imidazole rings is 1. The van der Waals surface area contributed by atoms with Crippen LogP contribution in [0.4, 0.5) is 0 Å². The minimum atomic E-state index is 0.358. The second-order valence-corrected chi connectivity index (χ2v) is 6.39. The van der Waals surface area contributed by atoms with Crippen LogP contribution in [0.3, 0.4) is 0 Å². The third-order valence-electron chi connectivity index (χ3n) is 4.58. The molecule has 28 heavy (non-hydrogen) atoms. The molecule has 0 atom stereocenters. The van der Waals surface area contributed by atoms with Crippen molar-refractivity contribution >= 4 is 16.4 Å². The van der Waals surface area contributed by atoms with Gasteiger partial charge >= 0.3 is 0 Å². The Kier molecular flexibility index (Phi) is 3.78. The van der Waals surface area contributed by atoms with Crippen molar-refractivity contribution in [2.24, 2.45) is 0 Å². The number of aromatic nitrogens is 7. The smallest absolute Gasteiger partial charge is 0.240 e. The Hall–Kier alpha value is -3.75. The minimum absolute atomic E-state index is 0.358. The highest BCUT2D eigenvalue weighted by atomic mass is 16.5. The van der Waals surface area contributed by atoms with Crippen molar-refractivity contribution in [1.82, 2.24) is 34.5 Å². The number of benzene rings is 1. The SMILES string of the molecule is CCn1cncc1COc1nn2c(-c3cc(C)on3)nnc2c2ccccc12. The van der Waals surface area contributed by atoms with E-state index in [1.807, 2.05) is 35.8 Å². The number of hydrogen-bond acceptors (Lipinski definition) is 7. The second kappa shape index (κ2) is 6.45. The van der Waals surface area contributed by atoms with E-state index in [1.165, 1.54) is 0 Å². The van der Waals surface area contributed by atoms with E-state index in [9.17, 15) is 0 Å². The molecule has 0 spiro atoms. The molecule has 1 aromatic carbocycles. The van der Waals surface area contributed by atoms with Gasteiger partial charge < -0.3 is 13.8 Å². The van der Waals surface area contributed by atoms with Gasteiger partial charge in [-0.25, -0.2) is 4.98 Å². The van der Waals surface area contributed by atoms with Gasteiger partial charge in [0.05, 0.1) is 18.2 Å². The van der Waals surface area contributed by atoms with Gasteiger partial charge in [-0.15, -0.1) is 15.3 Å². The van der Waals surface area contributed by atoms with Crippen molar-refractivity contribution in [3.05, 3.63) is 54.3 Å². The topological polar surface area (TPSA) is 96.2 Å². The zero-order valence-electron chi connectivity index (χ0n) is 15.4. The molecule has 0 unspecified atom stereocenters. The summed E-state index contributed by atoms with van der Waals surface area (Å²) in [7, 11) is 0. The lowest BCUT2D eigenvalue weighted by Crippen LogP contribution is -2.07. The Morgan fingerprint density at radius 2 is 2.00 bits per heavy atom. The van der Waals surface area contributed by atoms with Crippen molar-refractivity contribution in [2.75, 3.05) is 0 Å². The predicted octanol–water partition coefficient (Wildman–Crippen LogP) is 3.04. The molecule has 140 valence electrons. The lowest BCUT2D eigenvalue weighted by Gasteiger charge is -2.10. The van der Waals surface area contributed by atoms with Crippen LogP contribution in [0.1, 0.15) is 18.4 Å². The highest BCUT2D eigenvalue weighted by Gasteiger charge is 2.18. The predicted molar refractivity (Wildman–Crippen MR) is 101 cm³/mol. The molecule has 0 aliphatic heterocycles. The van der Waals surface area contributed by atoms with E-state index in [0.717, 1.165) is 23.0 Å². The van der Waals surface area contributed by atoms with Gasteiger partial charge in [-0.3, -0.25) is 0 Å². The fourth-order valence-corrected chi connectivity index (χ4v) is 3.19. The number of ether oxygens (including phenoxy) is 1. The summed E-state index contributed by atoms with van der Waals surface area (Å²) in [6.07, 6.45) is 3.59. The van der Waals surface area contributed by atoms with E-state index >= 15 is 0 Å². The number of fused-ring (bicyclic) bond motifs is 3. The molecule has 0 bridgehead atoms. The van der Waals surface area contributed by atoms with Gasteiger partial charge in [-0.2, -0.15) is 4.52 Å². The van der Waals surface area contributed by atoms with Crippen LogP contribution in [0, 0.1) is 6.92 Å². The summed E-state index contributed by atoms with van der Waals surface area (Å²) >= 11 is 0. The Bertz CT molecular complexity index is 1280. The largest absolute Gasteiger partial charge is 0.470 e. The minimum Gasteiger partial charge on any atom is -0.470 e. The van der Waals surface area contributed by atoms with E-state index in [0.29, 0.717) is 35.4 Å². The van der Waals surface area contributed by atoms with Crippen molar-refractivity contribution in [2.45, 2.75) is 27.0 Å². The molecule has 0 fully saturated rings. The quantitative estimate of drug-likeness (QED) is 0.466. The summed E-state index contributed by atoms with van der Waals surface area (Å²) in [5.41, 5.74) is 2.18. The fraction of sp³-hybridized carbons (Fsp3) is 0.211. The van der Waals surface area contributed by atoms with Crippen LogP contribution in [-0.4, -0.2) is 34.5 Å². The average Bonchev–Trinajstić information content (AvgIpc) is 3.45. The maximum Gasteiger partial charge on any atom is 0.240 e. The Morgan fingerprint density at radius 1 is 1.14 bits per heavy atom. The zero-order chi connectivity index (χ0) is 19.1. The first kappa shape index (κ1) is 16.4. The van der Waals surface area contributed by atoms with Crippen LogP contribution in [0.15, 0.2) is 47.4 Å². The second-order valence-electron chi connectivity index (χ2n) is 6.39. The fourth-order valence-electron chi connectivity index (χ4n) is 3.19. The highest BCUT2D eigenvalue weighted by Crippen LogP contribution is 2.29. The molecule has 9 heteroatoms. The van der Waals surface area contributed by atoms with Crippen LogP contribution in [0.25, 0.3) is 27.9 Å². The molecule has 0 saturated carbocycles. The summed E-state index contributed by atoms with van der Waals surface area (Å²) in [5, 5.41) is 19.0. The number of rotatable bonds is 5. The molecule has 4 aromatic heterocycles. The van der Waals surface area contributed by atoms with Gasteiger partial charge in [0.1, 0.15) is 12.4 Å². The molecular formula is C19H17N7O2. The van der Waals surface area contributed by atoms with Crippen molar-refractivity contribution < 1.29 is 9.26 Å². The number of nitrogens with zero attached hydrogens (tertiary/aromatic N) is 7. The van der Waals surface area contributed by atoms with E-state index in [4.69, 9.17) is 9.26 Å². The van der Waals surface area contributed by atoms with Crippen LogP contribution in [0.2, 0.25) is 0 Å². The third-order valence-corrected chi connectivity index (χ3v) is 4.58. The first-order valence-electron chi connectivity index (χ1n) is 8.94. The normalized spacial score (nSPS) is 11.5. The molecule has 0 saturated heterocycles. The molecule has 5 rings (SSSR count). The molecule has 9 nitrogen and oxygen atoms in total. The standard InChI is InChI=1S/C19H17N7O2/c1-3-25-11-20-9-13(25)10-27-19-15-7-5-4-6-14(15)17-21-22-18(26(17)23-19)16-8-12(2)28-24-16/h4-9,11H,3,10H2,1-2H3. The zero-order valence-corrected chi connectivity index (χ0v) is 15.4. The first-order chi connectivity index (χ1) is 13.7. The van der Waals surface area contributed by atoms with Crippen molar-refractivity contribution in [1.29, 1.82) is 0 Å². The monoisotopic (exact) mass is 375 g/mol. The third kappa shape index (κ3) is 2.59. The molecule has 0 N–H and O–H groups in total. The maximum atomic E-state index is 6.09. The van der Waals surface area contributed by atoms with E-state index < -0.39 is 0 Å². The van der Waals surface area contributed by atoms with Crippen molar-refractivity contribution in [3.8, 4) is 17.4 Å². The van der Waals surface area contributed by atoms with Gasteiger partial charge in [0.25, 0.3) is 0 Å². The van der Waals surface area contributed by atoms with Gasteiger partial charge in [0.2, 0.25) is 11.7 Å². The number of aryl methyl sites for hydroxylation is 2. The summed E-state index contributed by atoms with van der Waals surface area (Å²) in [6.45, 7) is 5.08. The Balaban J connectivity index is 1.64. The number of hydrogen-bond donors (Lipinski definition) is 0. The van der Waals surface area contributed by atoms with Crippen molar-refractivity contribution in [3.63, 3.8) is 0 Å².